The van der Waals surface area contributed by atoms with Gasteiger partial charge in [-0.2, -0.15) is 0 Å². The average Bonchev–Trinajstić information content (AvgIpc) is 2.92. The molecule has 2 N–H and O–H groups in total. The zero-order valence-corrected chi connectivity index (χ0v) is 27.2. The topological polar surface area (TPSA) is 164 Å². The summed E-state index contributed by atoms with van der Waals surface area (Å²) in [6.07, 6.45) is 3.83. The third kappa shape index (κ3) is 20.1. The molecule has 1 aliphatic carbocycles. The second kappa shape index (κ2) is 23.5. The molecule has 44 heavy (non-hydrogen) atoms. The number of hydrogen-bond acceptors (Lipinski definition) is 10. The zero-order valence-electron chi connectivity index (χ0n) is 27.2. The first kappa shape index (κ1) is 39.1. The largest absolute Gasteiger partial charge is 0.508 e. The van der Waals surface area contributed by atoms with Crippen molar-refractivity contribution in [1.29, 1.82) is 0 Å². The van der Waals surface area contributed by atoms with Gasteiger partial charge in [0.1, 0.15) is 24.4 Å². The first-order valence-corrected chi connectivity index (χ1v) is 16.4. The Labute approximate surface area is 262 Å². The van der Waals surface area contributed by atoms with E-state index < -0.39 is 49.0 Å². The van der Waals surface area contributed by atoms with Crippen LogP contribution in [0.1, 0.15) is 130 Å². The Hall–Kier alpha value is -2.92. The molecule has 0 aliphatic heterocycles. The van der Waals surface area contributed by atoms with Crippen LogP contribution < -0.4 is 0 Å². The Morgan fingerprint density at radius 1 is 0.500 bits per heavy atom. The molecule has 0 heterocycles. The molecule has 4 atom stereocenters. The zero-order chi connectivity index (χ0) is 32.7. The maximum atomic E-state index is 12.4. The Morgan fingerprint density at radius 3 is 1.11 bits per heavy atom. The van der Waals surface area contributed by atoms with Gasteiger partial charge in [0.15, 0.2) is 0 Å². The minimum absolute atomic E-state index is 0.142. The van der Waals surface area contributed by atoms with Gasteiger partial charge in [-0.05, 0) is 24.7 Å². The third-order valence-corrected chi connectivity index (χ3v) is 7.55. The van der Waals surface area contributed by atoms with E-state index in [2.05, 4.69) is 27.7 Å². The molecule has 0 radical (unpaired) electrons. The van der Waals surface area contributed by atoms with Crippen molar-refractivity contribution in [1.82, 2.24) is 0 Å². The van der Waals surface area contributed by atoms with Gasteiger partial charge in [0.25, 0.3) is 0 Å². The van der Waals surface area contributed by atoms with Crippen LogP contribution in [0.5, 0.6) is 0 Å². The fourth-order valence-electron chi connectivity index (χ4n) is 5.17. The van der Waals surface area contributed by atoms with E-state index in [1.54, 1.807) is 0 Å². The highest BCUT2D eigenvalue weighted by molar-refractivity contribution is 5.62. The van der Waals surface area contributed by atoms with Crippen LogP contribution in [-0.4, -0.2) is 72.5 Å². The number of hydrogen-bond donors (Lipinski definition) is 2. The molecule has 1 saturated carbocycles. The fraction of sp³-hybridized carbons (Fsp3) is 0.875. The van der Waals surface area contributed by atoms with Crippen LogP contribution >= 0.6 is 0 Å². The molecular formula is C32H56O12. The SMILES string of the molecule is CC(C)CCCCCCCCOC(=O)OC1CC(OC(=O)O)C(OC(=O)O)CC1OC(=O)OCCCCCCCCC(C)C. The molecule has 12 nitrogen and oxygen atoms in total. The first-order chi connectivity index (χ1) is 21.0. The monoisotopic (exact) mass is 632 g/mol. The minimum atomic E-state index is -1.65. The molecule has 256 valence electrons. The summed E-state index contributed by atoms with van der Waals surface area (Å²) in [5.74, 6) is 1.42. The van der Waals surface area contributed by atoms with Gasteiger partial charge in [-0.1, -0.05) is 105 Å². The van der Waals surface area contributed by atoms with E-state index >= 15 is 0 Å². The number of rotatable bonds is 22. The van der Waals surface area contributed by atoms with E-state index in [1.165, 1.54) is 38.5 Å². The summed E-state index contributed by atoms with van der Waals surface area (Å²) in [4.78, 5) is 47.3. The molecule has 1 fully saturated rings. The first-order valence-electron chi connectivity index (χ1n) is 16.4. The summed E-state index contributed by atoms with van der Waals surface area (Å²) in [6, 6.07) is 0. The van der Waals surface area contributed by atoms with E-state index in [4.69, 9.17) is 38.6 Å². The highest BCUT2D eigenvalue weighted by Crippen LogP contribution is 2.30. The van der Waals surface area contributed by atoms with E-state index in [1.807, 2.05) is 0 Å². The molecule has 1 rings (SSSR count). The number of unbranched alkanes of at least 4 members (excludes halogenated alkanes) is 10. The molecule has 4 unspecified atom stereocenters. The normalized spacial score (nSPS) is 19.8. The van der Waals surface area contributed by atoms with Gasteiger partial charge in [-0.15, -0.1) is 0 Å². The van der Waals surface area contributed by atoms with Crippen molar-refractivity contribution < 1.29 is 57.8 Å². The summed E-state index contributed by atoms with van der Waals surface area (Å²) in [7, 11) is 0. The summed E-state index contributed by atoms with van der Waals surface area (Å²) >= 11 is 0. The van der Waals surface area contributed by atoms with Crippen LogP contribution in [0.25, 0.3) is 0 Å². The van der Waals surface area contributed by atoms with E-state index in [9.17, 15) is 19.2 Å². The summed E-state index contributed by atoms with van der Waals surface area (Å²) in [5, 5.41) is 18.2. The van der Waals surface area contributed by atoms with E-state index in [0.29, 0.717) is 24.7 Å². The van der Waals surface area contributed by atoms with Gasteiger partial charge in [-0.3, -0.25) is 0 Å². The minimum Gasteiger partial charge on any atom is -0.450 e. The second-order valence-electron chi connectivity index (χ2n) is 12.4. The standard InChI is InChI=1S/C32H56O12/c1-23(2)17-13-9-5-7-11-15-19-39-31(37)43-27-21-25(41-29(33)34)26(42-30(35)36)22-28(27)44-32(38)40-20-16-12-8-6-10-14-18-24(3)4/h23-28H,5-22H2,1-4H3,(H,33,34)(H,35,36). The van der Waals surface area contributed by atoms with Crippen molar-refractivity contribution in [2.45, 2.75) is 155 Å². The number of carbonyl (C=O) groups excluding carboxylic acids is 2. The van der Waals surface area contributed by atoms with Crippen molar-refractivity contribution >= 4 is 24.6 Å². The predicted octanol–water partition coefficient (Wildman–Crippen LogP) is 8.72. The van der Waals surface area contributed by atoms with Gasteiger partial charge < -0.3 is 38.6 Å². The van der Waals surface area contributed by atoms with Crippen molar-refractivity contribution in [3.63, 3.8) is 0 Å². The van der Waals surface area contributed by atoms with Crippen molar-refractivity contribution in [2.75, 3.05) is 13.2 Å². The Bertz CT molecular complexity index is 749. The molecule has 0 spiro atoms. The van der Waals surface area contributed by atoms with Gasteiger partial charge in [0, 0.05) is 12.8 Å². The molecule has 1 aliphatic rings. The fourth-order valence-corrected chi connectivity index (χ4v) is 5.17. The second-order valence-corrected chi connectivity index (χ2v) is 12.4. The lowest BCUT2D eigenvalue weighted by atomic mass is 9.89. The third-order valence-electron chi connectivity index (χ3n) is 7.55. The average molecular weight is 633 g/mol. The maximum absolute atomic E-state index is 12.4. The molecule has 0 saturated heterocycles. The van der Waals surface area contributed by atoms with Crippen LogP contribution in [-0.2, 0) is 28.4 Å². The lowest BCUT2D eigenvalue weighted by Gasteiger charge is -2.37. The number of carbonyl (C=O) groups is 4. The van der Waals surface area contributed by atoms with Crippen LogP contribution in [0.2, 0.25) is 0 Å². The molecule has 0 bridgehead atoms. The molecule has 0 aromatic rings. The van der Waals surface area contributed by atoms with Gasteiger partial charge in [0.2, 0.25) is 0 Å². The van der Waals surface area contributed by atoms with Crippen LogP contribution in [0.4, 0.5) is 19.2 Å². The molecule has 0 aromatic heterocycles. The lowest BCUT2D eigenvalue weighted by molar-refractivity contribution is -0.139. The van der Waals surface area contributed by atoms with Crippen molar-refractivity contribution in [2.24, 2.45) is 11.8 Å². The Morgan fingerprint density at radius 2 is 0.795 bits per heavy atom. The van der Waals surface area contributed by atoms with Gasteiger partial charge in [0.05, 0.1) is 13.2 Å². The summed E-state index contributed by atoms with van der Waals surface area (Å²) in [5.41, 5.74) is 0. The van der Waals surface area contributed by atoms with Crippen LogP contribution in [0, 0.1) is 11.8 Å². The highest BCUT2D eigenvalue weighted by Gasteiger charge is 2.46. The molecular weight excluding hydrogens is 576 g/mol. The lowest BCUT2D eigenvalue weighted by Crippen LogP contribution is -2.51. The molecule has 0 aromatic carbocycles. The molecule has 0 amide bonds. The summed E-state index contributed by atoms with van der Waals surface area (Å²) in [6.45, 7) is 9.13. The predicted molar refractivity (Wildman–Crippen MR) is 162 cm³/mol. The van der Waals surface area contributed by atoms with E-state index in [-0.39, 0.29) is 26.1 Å². The smallest absolute Gasteiger partial charge is 0.450 e. The Balaban J connectivity index is 2.56. The summed E-state index contributed by atoms with van der Waals surface area (Å²) < 4.78 is 30.7. The van der Waals surface area contributed by atoms with Gasteiger partial charge in [-0.25, -0.2) is 19.2 Å². The van der Waals surface area contributed by atoms with Crippen LogP contribution in [0.3, 0.4) is 0 Å². The number of carboxylic acid groups (broad SMARTS) is 2. The maximum Gasteiger partial charge on any atom is 0.508 e. The van der Waals surface area contributed by atoms with Crippen LogP contribution in [0.15, 0.2) is 0 Å². The molecule has 12 heteroatoms. The Kier molecular flexibility index (Phi) is 20.9. The van der Waals surface area contributed by atoms with Crippen molar-refractivity contribution in [3.8, 4) is 0 Å². The van der Waals surface area contributed by atoms with Gasteiger partial charge >= 0.3 is 24.6 Å². The highest BCUT2D eigenvalue weighted by atomic mass is 16.8. The number of ether oxygens (including phenoxy) is 6. The quantitative estimate of drug-likeness (QED) is 0.0663. The van der Waals surface area contributed by atoms with Crippen molar-refractivity contribution in [3.05, 3.63) is 0 Å². The van der Waals surface area contributed by atoms with E-state index in [0.717, 1.165) is 38.5 Å².